The maximum absolute atomic E-state index is 12.3. The van der Waals surface area contributed by atoms with E-state index in [0.717, 1.165) is 36.6 Å². The summed E-state index contributed by atoms with van der Waals surface area (Å²) < 4.78 is 0. The molecule has 0 heterocycles. The summed E-state index contributed by atoms with van der Waals surface area (Å²) in [5.74, 6) is 4.72. The smallest absolute Gasteiger partial charge is 0.223 e. The number of nitrogens with two attached hydrogens (primary N) is 1. The molecular formula is C16H27ClN2O. The molecule has 114 valence electrons. The van der Waals surface area contributed by atoms with Crippen molar-refractivity contribution < 1.29 is 4.79 Å². The van der Waals surface area contributed by atoms with Crippen LogP contribution in [0.15, 0.2) is 0 Å². The van der Waals surface area contributed by atoms with Crippen molar-refractivity contribution in [2.24, 2.45) is 41.2 Å². The van der Waals surface area contributed by atoms with E-state index in [0.29, 0.717) is 23.8 Å². The van der Waals surface area contributed by atoms with E-state index in [4.69, 9.17) is 5.73 Å². The summed E-state index contributed by atoms with van der Waals surface area (Å²) in [5.41, 5.74) is 6.01. The van der Waals surface area contributed by atoms with E-state index in [1.54, 1.807) is 0 Å². The van der Waals surface area contributed by atoms with E-state index in [2.05, 4.69) is 5.32 Å². The molecule has 0 aliphatic heterocycles. The second kappa shape index (κ2) is 5.49. The number of fused-ring (bicyclic) bond motifs is 5. The van der Waals surface area contributed by atoms with Crippen LogP contribution in [0, 0.1) is 35.5 Å². The molecule has 20 heavy (non-hydrogen) atoms. The van der Waals surface area contributed by atoms with Gasteiger partial charge < -0.3 is 11.1 Å². The fourth-order valence-electron chi connectivity index (χ4n) is 5.56. The average molecular weight is 299 g/mol. The Labute approximate surface area is 127 Å². The Bertz CT molecular complexity index is 373. The standard InChI is InChI=1S/C16H26N2O.ClH/c17-12-3-1-2-9(6-12)8-18-16(19)15-13-10-4-5-11(7-10)14(13)15;/h9-15H,1-8,17H2,(H,18,19);1H. The van der Waals surface area contributed by atoms with Gasteiger partial charge in [0.2, 0.25) is 5.91 Å². The molecule has 0 saturated heterocycles. The van der Waals surface area contributed by atoms with E-state index in [1.165, 1.54) is 38.5 Å². The maximum Gasteiger partial charge on any atom is 0.223 e. The fraction of sp³-hybridized carbons (Fsp3) is 0.938. The van der Waals surface area contributed by atoms with Crippen LogP contribution < -0.4 is 11.1 Å². The molecule has 3 nitrogen and oxygen atoms in total. The first-order chi connectivity index (χ1) is 9.24. The largest absolute Gasteiger partial charge is 0.356 e. The van der Waals surface area contributed by atoms with Crippen LogP contribution in [0.2, 0.25) is 0 Å². The van der Waals surface area contributed by atoms with Crippen LogP contribution in [-0.2, 0) is 4.79 Å². The number of hydrogen-bond donors (Lipinski definition) is 2. The van der Waals surface area contributed by atoms with Crippen molar-refractivity contribution in [3.8, 4) is 0 Å². The number of carbonyl (C=O) groups is 1. The lowest BCUT2D eigenvalue weighted by molar-refractivity contribution is -0.123. The predicted molar refractivity (Wildman–Crippen MR) is 81.5 cm³/mol. The van der Waals surface area contributed by atoms with Crippen LogP contribution in [0.5, 0.6) is 0 Å². The van der Waals surface area contributed by atoms with Crippen molar-refractivity contribution in [3.05, 3.63) is 0 Å². The van der Waals surface area contributed by atoms with Crippen LogP contribution in [0.1, 0.15) is 44.9 Å². The Balaban J connectivity index is 0.00000121. The molecular weight excluding hydrogens is 272 g/mol. The Morgan fingerprint density at radius 2 is 1.75 bits per heavy atom. The van der Waals surface area contributed by atoms with E-state index in [9.17, 15) is 4.79 Å². The molecule has 3 N–H and O–H groups in total. The van der Waals surface area contributed by atoms with Crippen LogP contribution in [-0.4, -0.2) is 18.5 Å². The van der Waals surface area contributed by atoms with Crippen LogP contribution in [0.4, 0.5) is 0 Å². The van der Waals surface area contributed by atoms with Crippen molar-refractivity contribution in [1.29, 1.82) is 0 Å². The van der Waals surface area contributed by atoms with Gasteiger partial charge in [-0.05, 0) is 68.1 Å². The van der Waals surface area contributed by atoms with Crippen LogP contribution in [0.25, 0.3) is 0 Å². The molecule has 4 aliphatic rings. The van der Waals surface area contributed by atoms with Gasteiger partial charge in [-0.2, -0.15) is 0 Å². The number of halogens is 1. The molecule has 4 saturated carbocycles. The lowest BCUT2D eigenvalue weighted by atomic mass is 9.86. The Morgan fingerprint density at radius 1 is 1.05 bits per heavy atom. The fourth-order valence-corrected chi connectivity index (χ4v) is 5.56. The molecule has 4 aliphatic carbocycles. The molecule has 6 unspecified atom stereocenters. The van der Waals surface area contributed by atoms with Gasteiger partial charge in [-0.15, -0.1) is 12.4 Å². The van der Waals surface area contributed by atoms with Crippen molar-refractivity contribution in [3.63, 3.8) is 0 Å². The molecule has 0 aromatic rings. The summed E-state index contributed by atoms with van der Waals surface area (Å²) in [6.45, 7) is 0.873. The van der Waals surface area contributed by atoms with Gasteiger partial charge in [0.25, 0.3) is 0 Å². The molecule has 2 bridgehead atoms. The number of rotatable bonds is 3. The second-order valence-corrected chi connectivity index (χ2v) is 7.55. The van der Waals surface area contributed by atoms with Crippen LogP contribution in [0.3, 0.4) is 0 Å². The quantitative estimate of drug-likeness (QED) is 0.840. The Hall–Kier alpha value is -0.280. The highest BCUT2D eigenvalue weighted by atomic mass is 35.5. The highest BCUT2D eigenvalue weighted by Crippen LogP contribution is 2.69. The van der Waals surface area contributed by atoms with E-state index < -0.39 is 0 Å². The van der Waals surface area contributed by atoms with Crippen molar-refractivity contribution in [1.82, 2.24) is 5.32 Å². The molecule has 4 rings (SSSR count). The van der Waals surface area contributed by atoms with E-state index >= 15 is 0 Å². The molecule has 4 heteroatoms. The third-order valence-corrected chi connectivity index (χ3v) is 6.43. The molecule has 0 spiro atoms. The summed E-state index contributed by atoms with van der Waals surface area (Å²) in [6.07, 6.45) is 8.97. The predicted octanol–water partition coefficient (Wildman–Crippen LogP) is 2.33. The number of nitrogens with one attached hydrogen (secondary N) is 1. The van der Waals surface area contributed by atoms with Crippen molar-refractivity contribution in [2.45, 2.75) is 51.0 Å². The highest BCUT2D eigenvalue weighted by molar-refractivity contribution is 5.85. The molecule has 4 fully saturated rings. The summed E-state index contributed by atoms with van der Waals surface area (Å²) in [5, 5.41) is 3.24. The molecule has 0 aromatic heterocycles. The SMILES string of the molecule is Cl.NC1CCCC(CNC(=O)C2C3C4CCC(C4)C23)C1. The number of carbonyl (C=O) groups excluding carboxylic acids is 1. The second-order valence-electron chi connectivity index (χ2n) is 7.55. The molecule has 1 amide bonds. The minimum Gasteiger partial charge on any atom is -0.356 e. The third kappa shape index (κ3) is 2.37. The monoisotopic (exact) mass is 298 g/mol. The maximum atomic E-state index is 12.3. The normalized spacial score (nSPS) is 48.4. The topological polar surface area (TPSA) is 55.1 Å². The van der Waals surface area contributed by atoms with Gasteiger partial charge in [-0.1, -0.05) is 6.42 Å². The highest BCUT2D eigenvalue weighted by Gasteiger charge is 2.67. The number of amides is 1. The van der Waals surface area contributed by atoms with Crippen molar-refractivity contribution >= 4 is 18.3 Å². The van der Waals surface area contributed by atoms with E-state index in [-0.39, 0.29) is 12.4 Å². The van der Waals surface area contributed by atoms with Crippen molar-refractivity contribution in [2.75, 3.05) is 6.54 Å². The zero-order valence-corrected chi connectivity index (χ0v) is 12.9. The molecule has 0 radical (unpaired) electrons. The van der Waals surface area contributed by atoms with Gasteiger partial charge in [0.1, 0.15) is 0 Å². The van der Waals surface area contributed by atoms with E-state index in [1.807, 2.05) is 0 Å². The minimum atomic E-state index is 0. The first-order valence-electron chi connectivity index (χ1n) is 8.27. The Morgan fingerprint density at radius 3 is 2.40 bits per heavy atom. The van der Waals surface area contributed by atoms with Gasteiger partial charge in [0.15, 0.2) is 0 Å². The first-order valence-corrected chi connectivity index (χ1v) is 8.27. The molecule has 6 atom stereocenters. The molecule has 0 aromatic carbocycles. The summed E-state index contributed by atoms with van der Waals surface area (Å²) in [7, 11) is 0. The number of hydrogen-bond acceptors (Lipinski definition) is 2. The minimum absolute atomic E-state index is 0. The zero-order valence-electron chi connectivity index (χ0n) is 12.1. The van der Waals surface area contributed by atoms with Gasteiger partial charge >= 0.3 is 0 Å². The van der Waals surface area contributed by atoms with Crippen LogP contribution >= 0.6 is 12.4 Å². The summed E-state index contributed by atoms with van der Waals surface area (Å²) >= 11 is 0. The Kier molecular flexibility index (Phi) is 4.02. The first kappa shape index (κ1) is 14.6. The van der Waals surface area contributed by atoms with Gasteiger partial charge in [0, 0.05) is 18.5 Å². The average Bonchev–Trinajstić information content (AvgIpc) is 2.85. The third-order valence-electron chi connectivity index (χ3n) is 6.43. The summed E-state index contributed by atoms with van der Waals surface area (Å²) in [6, 6.07) is 0.367. The van der Waals surface area contributed by atoms with Gasteiger partial charge in [-0.25, -0.2) is 0 Å². The van der Waals surface area contributed by atoms with Gasteiger partial charge in [0.05, 0.1) is 0 Å². The zero-order chi connectivity index (χ0) is 13.0. The lowest BCUT2D eigenvalue weighted by Crippen LogP contribution is -2.36. The lowest BCUT2D eigenvalue weighted by Gasteiger charge is -2.26. The summed E-state index contributed by atoms with van der Waals surface area (Å²) in [4.78, 5) is 12.3. The van der Waals surface area contributed by atoms with Gasteiger partial charge in [-0.3, -0.25) is 4.79 Å².